The molecule has 2 N–H and O–H groups in total. The summed E-state index contributed by atoms with van der Waals surface area (Å²) in [4.78, 5) is 33.2. The first-order chi connectivity index (χ1) is 17.6. The number of rotatable bonds is 7. The standard InChI is InChI=1S/C22H21F4N7O3S/c1-32-7-9-33(10-8-32)12-17(34)28-15-11-13(4-5-16(15)36-22(24,25)26)19(35)29-21-31-30-20(37-21)18-14(23)3-2-6-27-18/h2-6,11H,7-10,12H2,1H3,(H,28,34)(H,29,31,35). The number of anilines is 2. The molecule has 4 rings (SSSR count). The molecule has 0 atom stereocenters. The molecule has 196 valence electrons. The van der Waals surface area contributed by atoms with Crippen LogP contribution in [-0.4, -0.2) is 82.9 Å². The van der Waals surface area contributed by atoms with Gasteiger partial charge >= 0.3 is 6.36 Å². The van der Waals surface area contributed by atoms with E-state index < -0.39 is 29.7 Å². The van der Waals surface area contributed by atoms with Gasteiger partial charge in [-0.2, -0.15) is 0 Å². The minimum absolute atomic E-state index is 0.0151. The van der Waals surface area contributed by atoms with Crippen molar-refractivity contribution in [2.45, 2.75) is 6.36 Å². The van der Waals surface area contributed by atoms with Crippen LogP contribution in [0, 0.1) is 5.82 Å². The first-order valence-electron chi connectivity index (χ1n) is 10.9. The molecule has 15 heteroatoms. The number of carbonyl (C=O) groups is 2. The number of amides is 2. The van der Waals surface area contributed by atoms with Crippen molar-refractivity contribution in [3.8, 4) is 16.5 Å². The summed E-state index contributed by atoms with van der Waals surface area (Å²) >= 11 is 0.860. The molecule has 0 radical (unpaired) electrons. The van der Waals surface area contributed by atoms with E-state index in [4.69, 9.17) is 0 Å². The van der Waals surface area contributed by atoms with Gasteiger partial charge in [0.1, 0.15) is 5.69 Å². The van der Waals surface area contributed by atoms with E-state index in [1.807, 2.05) is 11.9 Å². The summed E-state index contributed by atoms with van der Waals surface area (Å²) in [7, 11) is 1.95. The Labute approximate surface area is 212 Å². The Hall–Kier alpha value is -3.69. The van der Waals surface area contributed by atoms with Gasteiger partial charge in [-0.1, -0.05) is 11.3 Å². The number of alkyl halides is 3. The van der Waals surface area contributed by atoms with E-state index in [9.17, 15) is 27.2 Å². The SMILES string of the molecule is CN1CCN(CC(=O)Nc2cc(C(=O)Nc3nnc(-c4ncccc4F)s3)ccc2OC(F)(F)F)CC1. The Morgan fingerprint density at radius 2 is 1.86 bits per heavy atom. The number of aromatic nitrogens is 3. The molecule has 0 saturated carbocycles. The fraction of sp³-hybridized carbons (Fsp3) is 0.318. The number of hydrogen-bond acceptors (Lipinski definition) is 9. The molecule has 0 spiro atoms. The molecule has 3 heterocycles. The van der Waals surface area contributed by atoms with Crippen LogP contribution in [-0.2, 0) is 4.79 Å². The highest BCUT2D eigenvalue weighted by Gasteiger charge is 2.33. The molecule has 2 aromatic heterocycles. The zero-order valence-corrected chi connectivity index (χ0v) is 20.2. The first kappa shape index (κ1) is 26.4. The smallest absolute Gasteiger partial charge is 0.404 e. The number of benzene rings is 1. The Morgan fingerprint density at radius 1 is 1.11 bits per heavy atom. The van der Waals surface area contributed by atoms with Gasteiger partial charge in [0.25, 0.3) is 5.91 Å². The second-order valence-electron chi connectivity index (χ2n) is 8.09. The van der Waals surface area contributed by atoms with Gasteiger partial charge in [0.15, 0.2) is 16.6 Å². The van der Waals surface area contributed by atoms with Gasteiger partial charge in [0, 0.05) is 37.9 Å². The van der Waals surface area contributed by atoms with E-state index in [0.29, 0.717) is 13.1 Å². The number of nitrogens with one attached hydrogen (secondary N) is 2. The van der Waals surface area contributed by atoms with Gasteiger partial charge < -0.3 is 15.0 Å². The number of ether oxygens (including phenoxy) is 1. The van der Waals surface area contributed by atoms with Gasteiger partial charge in [-0.25, -0.2) is 4.39 Å². The van der Waals surface area contributed by atoms with Crippen molar-refractivity contribution in [3.05, 3.63) is 47.9 Å². The van der Waals surface area contributed by atoms with Crippen LogP contribution in [0.1, 0.15) is 10.4 Å². The van der Waals surface area contributed by atoms with Crippen molar-refractivity contribution in [1.82, 2.24) is 25.0 Å². The molecule has 1 aromatic carbocycles. The number of hydrogen-bond donors (Lipinski definition) is 2. The lowest BCUT2D eigenvalue weighted by molar-refractivity contribution is -0.274. The molecule has 10 nitrogen and oxygen atoms in total. The van der Waals surface area contributed by atoms with Gasteiger partial charge in [-0.15, -0.1) is 23.4 Å². The van der Waals surface area contributed by atoms with E-state index in [1.165, 1.54) is 18.3 Å². The highest BCUT2D eigenvalue weighted by Crippen LogP contribution is 2.32. The summed E-state index contributed by atoms with van der Waals surface area (Å²) in [6.45, 7) is 2.74. The fourth-order valence-electron chi connectivity index (χ4n) is 3.46. The Bertz CT molecular complexity index is 1280. The first-order valence-corrected chi connectivity index (χ1v) is 11.8. The minimum Gasteiger partial charge on any atom is -0.404 e. The molecule has 0 unspecified atom stereocenters. The van der Waals surface area contributed by atoms with Crippen molar-refractivity contribution in [1.29, 1.82) is 0 Å². The average molecular weight is 540 g/mol. The second-order valence-corrected chi connectivity index (χ2v) is 9.06. The summed E-state index contributed by atoms with van der Waals surface area (Å²) in [5.41, 5.74) is -0.442. The zero-order chi connectivity index (χ0) is 26.6. The van der Waals surface area contributed by atoms with Crippen LogP contribution in [0.4, 0.5) is 28.4 Å². The van der Waals surface area contributed by atoms with Crippen molar-refractivity contribution >= 4 is 34.0 Å². The van der Waals surface area contributed by atoms with Gasteiger partial charge in [-0.3, -0.25) is 24.8 Å². The summed E-state index contributed by atoms with van der Waals surface area (Å²) in [6.07, 6.45) is -3.63. The molecule has 0 aliphatic carbocycles. The third-order valence-electron chi connectivity index (χ3n) is 5.31. The van der Waals surface area contributed by atoms with Crippen LogP contribution < -0.4 is 15.4 Å². The third-order valence-corrected chi connectivity index (χ3v) is 6.16. The van der Waals surface area contributed by atoms with Crippen LogP contribution >= 0.6 is 11.3 Å². The molecule has 0 bridgehead atoms. The van der Waals surface area contributed by atoms with Crippen LogP contribution in [0.2, 0.25) is 0 Å². The third kappa shape index (κ3) is 7.18. The van der Waals surface area contributed by atoms with Crippen molar-refractivity contribution < 1.29 is 31.9 Å². The van der Waals surface area contributed by atoms with E-state index in [-0.39, 0.29) is 33.6 Å². The quantitative estimate of drug-likeness (QED) is 0.441. The number of carbonyl (C=O) groups excluding carboxylic acids is 2. The van der Waals surface area contributed by atoms with Crippen LogP contribution in [0.25, 0.3) is 10.7 Å². The topological polar surface area (TPSA) is 113 Å². The summed E-state index contributed by atoms with van der Waals surface area (Å²) in [5.74, 6) is -2.58. The molecule has 1 fully saturated rings. The fourth-order valence-corrected chi connectivity index (χ4v) is 4.20. The second kappa shape index (κ2) is 11.1. The largest absolute Gasteiger partial charge is 0.573 e. The predicted molar refractivity (Wildman–Crippen MR) is 127 cm³/mol. The number of pyridine rings is 1. The molecular weight excluding hydrogens is 518 g/mol. The average Bonchev–Trinajstić information content (AvgIpc) is 3.29. The predicted octanol–water partition coefficient (Wildman–Crippen LogP) is 3.08. The monoisotopic (exact) mass is 539 g/mol. The number of halogens is 4. The summed E-state index contributed by atoms with van der Waals surface area (Å²) in [5, 5.41) is 12.6. The maximum absolute atomic E-state index is 13.9. The van der Waals surface area contributed by atoms with E-state index in [0.717, 1.165) is 42.6 Å². The van der Waals surface area contributed by atoms with E-state index >= 15 is 0 Å². The normalized spacial score (nSPS) is 14.8. The van der Waals surface area contributed by atoms with Crippen LogP contribution in [0.3, 0.4) is 0 Å². The minimum atomic E-state index is -5.01. The lowest BCUT2D eigenvalue weighted by Crippen LogP contribution is -2.47. The molecule has 2 amide bonds. The molecule has 3 aromatic rings. The molecular formula is C22H21F4N7O3S. The number of likely N-dealkylation sites (N-methyl/N-ethyl adjacent to an activating group) is 1. The van der Waals surface area contributed by atoms with Crippen LogP contribution in [0.15, 0.2) is 36.5 Å². The molecule has 37 heavy (non-hydrogen) atoms. The van der Waals surface area contributed by atoms with E-state index in [2.05, 4.69) is 35.5 Å². The van der Waals surface area contributed by atoms with Gasteiger partial charge in [0.05, 0.1) is 12.2 Å². The molecule has 1 saturated heterocycles. The van der Waals surface area contributed by atoms with Gasteiger partial charge in [0.2, 0.25) is 11.0 Å². The highest BCUT2D eigenvalue weighted by atomic mass is 32.1. The highest BCUT2D eigenvalue weighted by molar-refractivity contribution is 7.18. The summed E-state index contributed by atoms with van der Waals surface area (Å²) in [6, 6.07) is 5.72. The zero-order valence-electron chi connectivity index (χ0n) is 19.4. The lowest BCUT2D eigenvalue weighted by atomic mass is 10.1. The lowest BCUT2D eigenvalue weighted by Gasteiger charge is -2.31. The Balaban J connectivity index is 1.49. The van der Waals surface area contributed by atoms with Gasteiger partial charge in [-0.05, 0) is 37.4 Å². The number of piperazine rings is 1. The van der Waals surface area contributed by atoms with E-state index in [1.54, 1.807) is 0 Å². The summed E-state index contributed by atoms with van der Waals surface area (Å²) < 4.78 is 56.7. The maximum atomic E-state index is 13.9. The van der Waals surface area contributed by atoms with Crippen molar-refractivity contribution in [3.63, 3.8) is 0 Å². The Kier molecular flexibility index (Phi) is 7.94. The molecule has 1 aliphatic rings. The maximum Gasteiger partial charge on any atom is 0.573 e. The van der Waals surface area contributed by atoms with Crippen molar-refractivity contribution in [2.75, 3.05) is 50.4 Å². The Morgan fingerprint density at radius 3 is 2.57 bits per heavy atom. The number of nitrogens with zero attached hydrogens (tertiary/aromatic N) is 5. The molecule has 1 aliphatic heterocycles. The van der Waals surface area contributed by atoms with Crippen LogP contribution in [0.5, 0.6) is 5.75 Å². The van der Waals surface area contributed by atoms with Crippen molar-refractivity contribution in [2.24, 2.45) is 0 Å².